The molecule has 2 amide bonds. The third-order valence-electron chi connectivity index (χ3n) is 17.5. The molecule has 8 aromatic rings. The molecule has 1 aliphatic carbocycles. The molecule has 1 aliphatic heterocycles. The van der Waals surface area contributed by atoms with Gasteiger partial charge in [-0.1, -0.05) is 155 Å². The minimum Gasteiger partial charge on any atom is -0.423 e. The molecule has 0 saturated carbocycles. The van der Waals surface area contributed by atoms with Gasteiger partial charge in [-0.3, -0.25) is 19.4 Å². The van der Waals surface area contributed by atoms with E-state index >= 15 is 0 Å². The maximum Gasteiger partial charge on any atom is 0.488 e. The molecule has 0 saturated heterocycles. The molecule has 0 bridgehead atoms. The molecule has 0 radical (unpaired) electrons. The fourth-order valence-electron chi connectivity index (χ4n) is 12.5. The molecule has 0 atom stereocenters. The summed E-state index contributed by atoms with van der Waals surface area (Å²) >= 11 is 0. The number of rotatable bonds is 23. The molecule has 90 heavy (non-hydrogen) atoms. The predicted octanol–water partition coefficient (Wildman–Crippen LogP) is 7.78. The van der Waals surface area contributed by atoms with E-state index in [1.165, 1.54) is 38.5 Å². The average Bonchev–Trinajstić information content (AvgIpc) is 0.788. The number of fused-ring (bicyclic) bond motifs is 4. The third kappa shape index (κ3) is 14.2. The number of benzene rings is 7. The Hall–Kier alpha value is -8.32. The Bertz CT molecular complexity index is 4160. The summed E-state index contributed by atoms with van der Waals surface area (Å²) in [5, 5.41) is 65.0. The highest BCUT2D eigenvalue weighted by Gasteiger charge is 2.40. The van der Waals surface area contributed by atoms with E-state index in [0.717, 1.165) is 60.6 Å². The van der Waals surface area contributed by atoms with Crippen molar-refractivity contribution in [2.75, 3.05) is 59.3 Å². The van der Waals surface area contributed by atoms with Crippen LogP contribution in [0.5, 0.6) is 0 Å². The maximum atomic E-state index is 13.0. The Morgan fingerprint density at radius 2 is 1.23 bits per heavy atom. The van der Waals surface area contributed by atoms with Crippen LogP contribution in [0.15, 0.2) is 181 Å². The first kappa shape index (κ1) is 64.7. The van der Waals surface area contributed by atoms with E-state index in [4.69, 9.17) is 10.3 Å². The van der Waals surface area contributed by atoms with E-state index in [-0.39, 0.29) is 11.8 Å². The van der Waals surface area contributed by atoms with E-state index in [1.54, 1.807) is 31.2 Å². The molecule has 18 heteroatoms. The molecule has 1 aromatic heterocycles. The number of nitrogens with one attached hydrogen (secondary N) is 2. The standard InChI is InChI=1S/C72H83B2N9O6Si/c1-48(2)70(84)75-36-18-38-82(44-52-21-13-17-25-65(52)74(88)89)46-63-57-23-15-14-22-56(57)62(45-81(39-19-37-76-71(85)72(3,4)5)43-51-20-12-16-24-64(51)73(86)87)58-33-32-55(40-61(58)63)83-47-66(77-78-83)49-26-28-50(29-27-49)69-59-34-30-53(79(6)7)41-67(59)90(10,11)68-42-54(80(8)9)31-35-60(68)69/h12-17,20-35,40-42,47,86-89H,1,18-19,36-39,43-46H2,2-11H3,(H-,75,76,84,85)/p+1. The molecule has 10 rings (SSSR count). The lowest BCUT2D eigenvalue weighted by Crippen LogP contribution is -2.49. The average molecular weight is 1220 g/mol. The summed E-state index contributed by atoms with van der Waals surface area (Å²) in [5.74, 6) is -0.234. The van der Waals surface area contributed by atoms with Crippen LogP contribution in [0.2, 0.25) is 13.1 Å². The third-order valence-corrected chi connectivity index (χ3v) is 21.1. The Kier molecular flexibility index (Phi) is 19.7. The number of carbonyl (C=O) groups excluding carboxylic acids is 2. The number of nitrogens with zero attached hydrogens (tertiary/aromatic N) is 7. The summed E-state index contributed by atoms with van der Waals surface area (Å²) in [4.78, 5) is 32.5. The van der Waals surface area contributed by atoms with Gasteiger partial charge in [0.05, 0.1) is 11.9 Å². The van der Waals surface area contributed by atoms with Crippen LogP contribution < -0.4 is 31.6 Å². The Balaban J connectivity index is 1.07. The smallest absolute Gasteiger partial charge is 0.423 e. The van der Waals surface area contributed by atoms with Gasteiger partial charge >= 0.3 is 14.2 Å². The maximum absolute atomic E-state index is 13.0. The molecule has 6 N–H and O–H groups in total. The SMILES string of the molecule is C=C(C)C(=O)NCCCN(Cc1ccccc1B(O)O)Cc1c2ccccc2c(CN(CCCNC(=O)C(C)(C)C)Cc2ccccc2B(O)O)c2ccc(-n3cc(-c4ccc(C5=C6C=CC(=[N+](C)C)C=C6[Si](C)(C)c6cc(N(C)C)ccc65)cc4)nn3)cc12. The lowest BCUT2D eigenvalue weighted by atomic mass is 9.77. The van der Waals surface area contributed by atoms with Crippen molar-refractivity contribution in [1.29, 1.82) is 0 Å². The predicted molar refractivity (Wildman–Crippen MR) is 370 cm³/mol. The molecular weight excluding hydrogens is 1140 g/mol. The lowest BCUT2D eigenvalue weighted by Gasteiger charge is -2.38. The zero-order chi connectivity index (χ0) is 64.2. The molecule has 0 spiro atoms. The van der Waals surface area contributed by atoms with Crippen molar-refractivity contribution >= 4 is 88.8 Å². The van der Waals surface area contributed by atoms with Crippen molar-refractivity contribution in [2.24, 2.45) is 5.41 Å². The van der Waals surface area contributed by atoms with Crippen molar-refractivity contribution in [3.05, 3.63) is 214 Å². The van der Waals surface area contributed by atoms with E-state index in [1.807, 2.05) is 55.9 Å². The second kappa shape index (κ2) is 27.4. The number of aromatic nitrogens is 3. The molecule has 15 nitrogen and oxygen atoms in total. The van der Waals surface area contributed by atoms with Gasteiger partial charge in [-0.25, -0.2) is 9.26 Å². The van der Waals surface area contributed by atoms with Crippen molar-refractivity contribution in [3.63, 3.8) is 0 Å². The van der Waals surface area contributed by atoms with Gasteiger partial charge in [-0.15, -0.1) is 5.10 Å². The van der Waals surface area contributed by atoms with Crippen LogP contribution in [0.1, 0.15) is 73.9 Å². The van der Waals surface area contributed by atoms with Gasteiger partial charge in [0.2, 0.25) is 11.8 Å². The van der Waals surface area contributed by atoms with Crippen LogP contribution in [0.4, 0.5) is 5.69 Å². The summed E-state index contributed by atoms with van der Waals surface area (Å²) in [6, 6.07) is 45.2. The molecule has 2 aliphatic rings. The van der Waals surface area contributed by atoms with Crippen molar-refractivity contribution in [1.82, 2.24) is 35.4 Å². The van der Waals surface area contributed by atoms with Gasteiger partial charge in [0.1, 0.15) is 27.9 Å². The topological polar surface area (TPSA) is 183 Å². The largest absolute Gasteiger partial charge is 0.488 e. The molecule has 0 fully saturated rings. The second-order valence-corrected chi connectivity index (χ2v) is 30.2. The lowest BCUT2D eigenvalue weighted by molar-refractivity contribution is -0.462. The number of amides is 2. The number of hydrogen-bond donors (Lipinski definition) is 6. The van der Waals surface area contributed by atoms with E-state index in [0.29, 0.717) is 87.4 Å². The monoisotopic (exact) mass is 1220 g/mol. The van der Waals surface area contributed by atoms with Crippen LogP contribution in [0.3, 0.4) is 0 Å². The van der Waals surface area contributed by atoms with Crippen molar-refractivity contribution < 1.29 is 34.3 Å². The van der Waals surface area contributed by atoms with Gasteiger partial charge in [-0.2, -0.15) is 0 Å². The van der Waals surface area contributed by atoms with Crippen molar-refractivity contribution in [2.45, 2.75) is 79.8 Å². The Morgan fingerprint density at radius 1 is 0.678 bits per heavy atom. The molecule has 7 aromatic carbocycles. The van der Waals surface area contributed by atoms with E-state index in [9.17, 15) is 29.7 Å². The fourth-order valence-corrected chi connectivity index (χ4v) is 15.6. The van der Waals surface area contributed by atoms with Crippen LogP contribution in [-0.2, 0) is 35.8 Å². The van der Waals surface area contributed by atoms with Crippen LogP contribution in [0.25, 0.3) is 44.1 Å². The first-order valence-electron chi connectivity index (χ1n) is 31.0. The highest BCUT2D eigenvalue weighted by atomic mass is 28.3. The van der Waals surface area contributed by atoms with Crippen molar-refractivity contribution in [3.8, 4) is 16.9 Å². The van der Waals surface area contributed by atoms with Gasteiger partial charge in [0, 0.05) is 101 Å². The summed E-state index contributed by atoms with van der Waals surface area (Å²) < 4.78 is 4.01. The molecular formula is C72H84B2N9O6Si+. The van der Waals surface area contributed by atoms with Crippen LogP contribution in [0, 0.1) is 5.41 Å². The van der Waals surface area contributed by atoms with Gasteiger partial charge in [0.25, 0.3) is 0 Å². The first-order valence-corrected chi connectivity index (χ1v) is 34.0. The normalized spacial score (nSPS) is 13.6. The zero-order valence-electron chi connectivity index (χ0n) is 53.7. The Morgan fingerprint density at radius 3 is 1.80 bits per heavy atom. The number of carbonyl (C=O) groups is 2. The molecule has 0 unspecified atom stereocenters. The summed E-state index contributed by atoms with van der Waals surface area (Å²) in [5.41, 5.74) is 14.1. The summed E-state index contributed by atoms with van der Waals surface area (Å²) in [6.07, 6.45) is 10.2. The molecule has 2 heterocycles. The number of allylic oxidation sites excluding steroid dienone is 5. The highest BCUT2D eigenvalue weighted by molar-refractivity contribution is 6.98. The quantitative estimate of drug-likeness (QED) is 0.0121. The number of hydrogen-bond acceptors (Lipinski definition) is 11. The van der Waals surface area contributed by atoms with Crippen LogP contribution in [-0.4, -0.2) is 144 Å². The van der Waals surface area contributed by atoms with Gasteiger partial charge < -0.3 is 35.6 Å². The Labute approximate surface area is 531 Å². The summed E-state index contributed by atoms with van der Waals surface area (Å²) in [7, 11) is 2.93. The van der Waals surface area contributed by atoms with Gasteiger partial charge in [0.15, 0.2) is 5.71 Å². The fraction of sp³-hybridized carbons (Fsp3) is 0.292. The minimum absolute atomic E-state index is 0.0274. The molecule has 462 valence electrons. The summed E-state index contributed by atoms with van der Waals surface area (Å²) in [6.45, 7) is 19.9. The van der Waals surface area contributed by atoms with E-state index < -0.39 is 27.7 Å². The second-order valence-electron chi connectivity index (χ2n) is 25.9. The van der Waals surface area contributed by atoms with Gasteiger partial charge in [-0.05, 0) is 137 Å². The first-order chi connectivity index (χ1) is 43.0. The number of anilines is 1. The zero-order valence-corrected chi connectivity index (χ0v) is 54.7. The minimum atomic E-state index is -2.14. The van der Waals surface area contributed by atoms with Crippen LogP contribution >= 0.6 is 0 Å². The highest BCUT2D eigenvalue weighted by Crippen LogP contribution is 2.43. The van der Waals surface area contributed by atoms with E-state index in [2.05, 4.69) is 181 Å².